The summed E-state index contributed by atoms with van der Waals surface area (Å²) in [5.41, 5.74) is 1.36. The Kier molecular flexibility index (Phi) is 5.79. The van der Waals surface area contributed by atoms with Gasteiger partial charge in [-0.2, -0.15) is 0 Å². The molecule has 0 aromatic heterocycles. The first kappa shape index (κ1) is 19.4. The van der Waals surface area contributed by atoms with Gasteiger partial charge in [0.15, 0.2) is 6.61 Å². The zero-order valence-electron chi connectivity index (χ0n) is 15.0. The third kappa shape index (κ3) is 4.30. The summed E-state index contributed by atoms with van der Waals surface area (Å²) in [7, 11) is 0. The number of benzene rings is 1. The molecule has 0 spiro atoms. The van der Waals surface area contributed by atoms with Crippen LogP contribution >= 0.6 is 11.6 Å². The number of likely N-dealkylation sites (tertiary alicyclic amines) is 1. The van der Waals surface area contributed by atoms with E-state index in [1.165, 1.54) is 0 Å². The second-order valence-electron chi connectivity index (χ2n) is 6.93. The minimum absolute atomic E-state index is 0.305. The topological polar surface area (TPSA) is 92.8 Å². The first-order valence-corrected chi connectivity index (χ1v) is 9.31. The number of ether oxygens (including phenoxy) is 1. The maximum absolute atomic E-state index is 12.3. The number of carbonyl (C=O) groups is 4. The number of nitrogens with one attached hydrogen (secondary N) is 1. The first-order chi connectivity index (χ1) is 12.9. The summed E-state index contributed by atoms with van der Waals surface area (Å²) in [4.78, 5) is 49.5. The maximum atomic E-state index is 12.3. The Balaban J connectivity index is 1.49. The molecule has 1 aromatic rings. The summed E-state index contributed by atoms with van der Waals surface area (Å²) in [5, 5.41) is 3.08. The molecule has 2 fully saturated rings. The van der Waals surface area contributed by atoms with Gasteiger partial charge >= 0.3 is 5.97 Å². The van der Waals surface area contributed by atoms with Crippen LogP contribution in [0.4, 0.5) is 5.69 Å². The van der Waals surface area contributed by atoms with Crippen LogP contribution in [0, 0.1) is 18.8 Å². The Morgan fingerprint density at radius 1 is 1.19 bits per heavy atom. The predicted octanol–water partition coefficient (Wildman–Crippen LogP) is 2.31. The number of esters is 1. The van der Waals surface area contributed by atoms with Crippen LogP contribution in [-0.2, 0) is 23.9 Å². The van der Waals surface area contributed by atoms with Crippen molar-refractivity contribution in [2.45, 2.75) is 32.6 Å². The summed E-state index contributed by atoms with van der Waals surface area (Å²) in [6.45, 7) is 0.883. The van der Waals surface area contributed by atoms with Crippen molar-refractivity contribution in [3.05, 3.63) is 28.8 Å². The van der Waals surface area contributed by atoms with E-state index in [-0.39, 0.29) is 23.7 Å². The largest absolute Gasteiger partial charge is 0.454 e. The lowest BCUT2D eigenvalue weighted by Crippen LogP contribution is -2.37. The van der Waals surface area contributed by atoms with Crippen LogP contribution in [0.15, 0.2) is 18.2 Å². The van der Waals surface area contributed by atoms with Gasteiger partial charge in [-0.3, -0.25) is 24.1 Å². The molecule has 8 heteroatoms. The van der Waals surface area contributed by atoms with Gasteiger partial charge in [-0.1, -0.05) is 30.5 Å². The van der Waals surface area contributed by atoms with Crippen molar-refractivity contribution in [1.82, 2.24) is 4.90 Å². The molecule has 0 unspecified atom stereocenters. The number of hydrogen-bond acceptors (Lipinski definition) is 5. The molecule has 0 radical (unpaired) electrons. The SMILES string of the molecule is Cc1ccc(NC(=O)COC(=O)CN2C(=O)[C@H]3CCCC[C@H]3C2=O)cc1Cl. The number of rotatable bonds is 5. The Bertz CT molecular complexity index is 770. The lowest BCUT2D eigenvalue weighted by molar-refractivity contribution is -0.154. The fraction of sp³-hybridized carbons (Fsp3) is 0.474. The van der Waals surface area contributed by atoms with Crippen LogP contribution in [0.25, 0.3) is 0 Å². The Labute approximate surface area is 162 Å². The summed E-state index contributed by atoms with van der Waals surface area (Å²) >= 11 is 5.99. The number of amides is 3. The molecule has 0 bridgehead atoms. The highest BCUT2D eigenvalue weighted by Gasteiger charge is 2.48. The third-order valence-electron chi connectivity index (χ3n) is 5.04. The number of fused-ring (bicyclic) bond motifs is 1. The lowest BCUT2D eigenvalue weighted by Gasteiger charge is -2.19. The molecule has 1 saturated carbocycles. The van der Waals surface area contributed by atoms with Crippen LogP contribution in [0.2, 0.25) is 5.02 Å². The van der Waals surface area contributed by atoms with E-state index < -0.39 is 25.0 Å². The zero-order valence-corrected chi connectivity index (χ0v) is 15.8. The van der Waals surface area contributed by atoms with E-state index in [0.29, 0.717) is 23.6 Å². The lowest BCUT2D eigenvalue weighted by atomic mass is 9.81. The highest BCUT2D eigenvalue weighted by atomic mass is 35.5. The van der Waals surface area contributed by atoms with Crippen molar-refractivity contribution in [2.24, 2.45) is 11.8 Å². The molecule has 7 nitrogen and oxygen atoms in total. The van der Waals surface area contributed by atoms with E-state index in [4.69, 9.17) is 16.3 Å². The van der Waals surface area contributed by atoms with Crippen molar-refractivity contribution in [3.8, 4) is 0 Å². The van der Waals surface area contributed by atoms with E-state index in [9.17, 15) is 19.2 Å². The highest BCUT2D eigenvalue weighted by molar-refractivity contribution is 6.31. The number of nitrogens with zero attached hydrogens (tertiary/aromatic N) is 1. The molecule has 1 aliphatic heterocycles. The molecule has 3 rings (SSSR count). The molecular formula is C19H21ClN2O5. The molecule has 1 N–H and O–H groups in total. The van der Waals surface area contributed by atoms with E-state index in [0.717, 1.165) is 23.3 Å². The zero-order chi connectivity index (χ0) is 19.6. The number of aryl methyl sites for hydroxylation is 1. The van der Waals surface area contributed by atoms with Crippen LogP contribution in [-0.4, -0.2) is 41.7 Å². The van der Waals surface area contributed by atoms with Gasteiger partial charge in [-0.15, -0.1) is 0 Å². The van der Waals surface area contributed by atoms with E-state index in [1.807, 2.05) is 6.92 Å². The van der Waals surface area contributed by atoms with Gasteiger partial charge in [0.1, 0.15) is 6.54 Å². The minimum atomic E-state index is -0.785. The van der Waals surface area contributed by atoms with E-state index in [1.54, 1.807) is 18.2 Å². The van der Waals surface area contributed by atoms with Crippen molar-refractivity contribution in [3.63, 3.8) is 0 Å². The molecule has 1 aliphatic carbocycles. The summed E-state index contributed by atoms with van der Waals surface area (Å²) in [6.07, 6.45) is 3.20. The highest BCUT2D eigenvalue weighted by Crippen LogP contribution is 2.37. The average Bonchev–Trinajstić information content (AvgIpc) is 2.88. The van der Waals surface area contributed by atoms with E-state index >= 15 is 0 Å². The van der Waals surface area contributed by atoms with Crippen molar-refractivity contribution >= 4 is 41.0 Å². The molecular weight excluding hydrogens is 372 g/mol. The van der Waals surface area contributed by atoms with Crippen LogP contribution in [0.1, 0.15) is 31.2 Å². The normalized spacial score (nSPS) is 21.8. The van der Waals surface area contributed by atoms with Crippen molar-refractivity contribution in [1.29, 1.82) is 0 Å². The quantitative estimate of drug-likeness (QED) is 0.613. The van der Waals surface area contributed by atoms with Gasteiger partial charge < -0.3 is 10.1 Å². The second kappa shape index (κ2) is 8.08. The van der Waals surface area contributed by atoms with Crippen LogP contribution < -0.4 is 5.32 Å². The second-order valence-corrected chi connectivity index (χ2v) is 7.34. The van der Waals surface area contributed by atoms with Gasteiger partial charge in [-0.25, -0.2) is 0 Å². The Hall–Kier alpha value is -2.41. The standard InChI is InChI=1S/C19H21ClN2O5/c1-11-6-7-12(8-15(11)20)21-16(23)10-27-17(24)9-22-18(25)13-4-2-3-5-14(13)19(22)26/h6-8,13-14H,2-5,9-10H2,1H3,(H,21,23)/t13-,14+. The van der Waals surface area contributed by atoms with Crippen molar-refractivity contribution < 1.29 is 23.9 Å². The fourth-order valence-corrected chi connectivity index (χ4v) is 3.76. The molecule has 3 amide bonds. The first-order valence-electron chi connectivity index (χ1n) is 8.93. The molecule has 27 heavy (non-hydrogen) atoms. The van der Waals surface area contributed by atoms with Gasteiger partial charge in [-0.05, 0) is 37.5 Å². The van der Waals surface area contributed by atoms with Crippen LogP contribution in [0.5, 0.6) is 0 Å². The number of halogens is 1. The molecule has 1 aromatic carbocycles. The minimum Gasteiger partial charge on any atom is -0.454 e. The van der Waals surface area contributed by atoms with Gasteiger partial charge in [0.2, 0.25) is 11.8 Å². The van der Waals surface area contributed by atoms with Gasteiger partial charge in [0.05, 0.1) is 11.8 Å². The molecule has 2 atom stereocenters. The van der Waals surface area contributed by atoms with E-state index in [2.05, 4.69) is 5.32 Å². The predicted molar refractivity (Wildman–Crippen MR) is 97.9 cm³/mol. The van der Waals surface area contributed by atoms with Crippen LogP contribution in [0.3, 0.4) is 0 Å². The van der Waals surface area contributed by atoms with Gasteiger partial charge in [0.25, 0.3) is 5.91 Å². The number of imide groups is 1. The molecule has 2 aliphatic rings. The smallest absolute Gasteiger partial charge is 0.326 e. The third-order valence-corrected chi connectivity index (χ3v) is 5.45. The summed E-state index contributed by atoms with van der Waals surface area (Å²) < 4.78 is 4.91. The van der Waals surface area contributed by atoms with Crippen molar-refractivity contribution in [2.75, 3.05) is 18.5 Å². The fourth-order valence-electron chi connectivity index (χ4n) is 3.58. The Morgan fingerprint density at radius 2 is 1.81 bits per heavy atom. The monoisotopic (exact) mass is 392 g/mol. The summed E-state index contributed by atoms with van der Waals surface area (Å²) in [5.74, 6) is -2.55. The maximum Gasteiger partial charge on any atom is 0.326 e. The number of hydrogen-bond donors (Lipinski definition) is 1. The molecule has 1 heterocycles. The molecule has 1 saturated heterocycles. The van der Waals surface area contributed by atoms with Gasteiger partial charge in [0, 0.05) is 10.7 Å². The number of anilines is 1. The average molecular weight is 393 g/mol. The Morgan fingerprint density at radius 3 is 2.41 bits per heavy atom. The number of carbonyl (C=O) groups excluding carboxylic acids is 4. The molecule has 144 valence electrons. The summed E-state index contributed by atoms with van der Waals surface area (Å²) in [6, 6.07) is 5.04.